The number of hydrogen-bond acceptors (Lipinski definition) is 4. The maximum Gasteiger partial charge on any atom is 0.209 e. The van der Waals surface area contributed by atoms with Gasteiger partial charge in [-0.25, -0.2) is 4.68 Å². The Balaban J connectivity index is 1.66. The second kappa shape index (κ2) is 7.05. The largest absolute Gasteiger partial charge is 0.299 e. The number of aromatic amines is 1. The van der Waals surface area contributed by atoms with Crippen LogP contribution in [0.25, 0.3) is 17.1 Å². The molecule has 0 amide bonds. The van der Waals surface area contributed by atoms with Crippen molar-refractivity contribution in [2.75, 3.05) is 0 Å². The smallest absolute Gasteiger partial charge is 0.209 e. The molecule has 1 N–H and O–H groups in total. The van der Waals surface area contributed by atoms with Gasteiger partial charge in [-0.05, 0) is 28.8 Å². The minimum absolute atomic E-state index is 0.523. The summed E-state index contributed by atoms with van der Waals surface area (Å²) >= 11 is 5.65. The highest BCUT2D eigenvalue weighted by atomic mass is 32.1. The molecule has 6 nitrogen and oxygen atoms in total. The number of para-hydroxylation sites is 1. The summed E-state index contributed by atoms with van der Waals surface area (Å²) in [4.78, 5) is 1.58. The number of aryl methyl sites for hydroxylation is 1. The second-order valence-electron chi connectivity index (χ2n) is 5.94. The first-order valence-corrected chi connectivity index (χ1v) is 8.88. The van der Waals surface area contributed by atoms with Gasteiger partial charge in [0, 0.05) is 6.20 Å². The summed E-state index contributed by atoms with van der Waals surface area (Å²) in [5.41, 5.74) is 4.15. The van der Waals surface area contributed by atoms with E-state index in [1.54, 1.807) is 4.80 Å². The highest BCUT2D eigenvalue weighted by Gasteiger charge is 2.13. The van der Waals surface area contributed by atoms with Crippen LogP contribution in [0, 0.1) is 4.64 Å². The molecule has 0 aliphatic rings. The van der Waals surface area contributed by atoms with Crippen molar-refractivity contribution in [3.8, 4) is 17.1 Å². The van der Waals surface area contributed by atoms with Crippen LogP contribution < -0.4 is 0 Å². The van der Waals surface area contributed by atoms with Gasteiger partial charge in [0.15, 0.2) is 0 Å². The fourth-order valence-electron chi connectivity index (χ4n) is 2.90. The van der Waals surface area contributed by atoms with Crippen molar-refractivity contribution >= 4 is 12.2 Å². The van der Waals surface area contributed by atoms with Crippen molar-refractivity contribution in [1.82, 2.24) is 30.0 Å². The topological polar surface area (TPSA) is 64.3 Å². The van der Waals surface area contributed by atoms with Crippen LogP contribution in [-0.2, 0) is 13.0 Å². The molecule has 26 heavy (non-hydrogen) atoms. The maximum absolute atomic E-state index is 5.65. The number of rotatable bonds is 5. The van der Waals surface area contributed by atoms with E-state index in [2.05, 4.69) is 39.6 Å². The van der Waals surface area contributed by atoms with Gasteiger partial charge in [-0.2, -0.15) is 4.80 Å². The van der Waals surface area contributed by atoms with E-state index in [0.717, 1.165) is 23.2 Å². The minimum atomic E-state index is 0.523. The van der Waals surface area contributed by atoms with Crippen LogP contribution in [0.1, 0.15) is 18.1 Å². The average molecular weight is 362 g/mol. The zero-order valence-corrected chi connectivity index (χ0v) is 15.1. The van der Waals surface area contributed by atoms with Crippen molar-refractivity contribution in [3.63, 3.8) is 0 Å². The Morgan fingerprint density at radius 3 is 2.62 bits per heavy atom. The summed E-state index contributed by atoms with van der Waals surface area (Å²) in [5.74, 6) is 0.523. The van der Waals surface area contributed by atoms with E-state index in [1.807, 2.05) is 53.3 Å². The third-order valence-corrected chi connectivity index (χ3v) is 4.65. The first-order valence-electron chi connectivity index (χ1n) is 8.47. The molecule has 130 valence electrons. The number of aromatic nitrogens is 6. The normalized spacial score (nSPS) is 11.0. The zero-order valence-electron chi connectivity index (χ0n) is 14.3. The Morgan fingerprint density at radius 1 is 1.04 bits per heavy atom. The van der Waals surface area contributed by atoms with Crippen LogP contribution >= 0.6 is 12.2 Å². The first-order chi connectivity index (χ1) is 12.8. The third-order valence-electron chi connectivity index (χ3n) is 4.25. The van der Waals surface area contributed by atoms with Crippen LogP contribution in [0.4, 0.5) is 0 Å². The Hall–Kier alpha value is -3.06. The predicted octanol–water partition coefficient (Wildman–Crippen LogP) is 3.80. The number of tetrazole rings is 1. The molecule has 2 aromatic carbocycles. The molecule has 0 aliphatic heterocycles. The first kappa shape index (κ1) is 16.4. The quantitative estimate of drug-likeness (QED) is 0.549. The fraction of sp³-hybridized carbons (Fsp3) is 0.158. The summed E-state index contributed by atoms with van der Waals surface area (Å²) in [6.45, 7) is 2.70. The Bertz CT molecular complexity index is 1080. The molecular weight excluding hydrogens is 344 g/mol. The summed E-state index contributed by atoms with van der Waals surface area (Å²) in [6, 6.07) is 18.2. The van der Waals surface area contributed by atoms with E-state index in [9.17, 15) is 0 Å². The standard InChI is InChI=1S/C19H18N6S/c1-2-15-10-6-7-11-17(15)25-19(26)16(12-20-25)18-21-23-24(22-18)13-14-8-4-3-5-9-14/h3-12,20H,2,13H2,1H3. The van der Waals surface area contributed by atoms with E-state index >= 15 is 0 Å². The van der Waals surface area contributed by atoms with Gasteiger partial charge in [0.05, 0.1) is 17.8 Å². The van der Waals surface area contributed by atoms with E-state index in [1.165, 1.54) is 5.56 Å². The van der Waals surface area contributed by atoms with Gasteiger partial charge in [0.25, 0.3) is 0 Å². The number of nitrogens with zero attached hydrogens (tertiary/aromatic N) is 5. The van der Waals surface area contributed by atoms with Gasteiger partial charge in [0.2, 0.25) is 5.82 Å². The van der Waals surface area contributed by atoms with E-state index in [0.29, 0.717) is 17.0 Å². The molecule has 0 aliphatic carbocycles. The van der Waals surface area contributed by atoms with Gasteiger partial charge in [-0.3, -0.25) is 5.10 Å². The summed E-state index contributed by atoms with van der Waals surface area (Å²) in [6.07, 6.45) is 2.76. The number of hydrogen-bond donors (Lipinski definition) is 1. The average Bonchev–Trinajstić information content (AvgIpc) is 3.29. The molecule has 7 heteroatoms. The zero-order chi connectivity index (χ0) is 17.9. The van der Waals surface area contributed by atoms with E-state index in [4.69, 9.17) is 12.2 Å². The van der Waals surface area contributed by atoms with Gasteiger partial charge in [-0.15, -0.1) is 10.2 Å². The summed E-state index contributed by atoms with van der Waals surface area (Å²) < 4.78 is 2.53. The number of nitrogens with one attached hydrogen (secondary N) is 1. The highest BCUT2D eigenvalue weighted by molar-refractivity contribution is 7.71. The molecule has 2 heterocycles. The molecule has 0 atom stereocenters. The lowest BCUT2D eigenvalue weighted by atomic mass is 10.1. The maximum atomic E-state index is 5.65. The molecule has 0 bridgehead atoms. The SMILES string of the molecule is CCc1ccccc1-n1[nH]cc(-c2nnn(Cc3ccccc3)n2)c1=S. The van der Waals surface area contributed by atoms with Crippen molar-refractivity contribution in [3.05, 3.63) is 76.6 Å². The van der Waals surface area contributed by atoms with Gasteiger partial charge < -0.3 is 0 Å². The van der Waals surface area contributed by atoms with Crippen LogP contribution in [-0.4, -0.2) is 30.0 Å². The predicted molar refractivity (Wildman–Crippen MR) is 103 cm³/mol. The highest BCUT2D eigenvalue weighted by Crippen LogP contribution is 2.21. The van der Waals surface area contributed by atoms with E-state index < -0.39 is 0 Å². The molecule has 0 fully saturated rings. The molecule has 0 saturated carbocycles. The van der Waals surface area contributed by atoms with Crippen molar-refractivity contribution in [1.29, 1.82) is 0 Å². The van der Waals surface area contributed by atoms with Crippen molar-refractivity contribution < 1.29 is 0 Å². The molecule has 0 spiro atoms. The van der Waals surface area contributed by atoms with Gasteiger partial charge in [-0.1, -0.05) is 67.7 Å². The molecule has 2 aromatic heterocycles. The Kier molecular flexibility index (Phi) is 4.45. The third kappa shape index (κ3) is 3.09. The molecule has 0 unspecified atom stereocenters. The lowest BCUT2D eigenvalue weighted by Crippen LogP contribution is -2.03. The summed E-state index contributed by atoms with van der Waals surface area (Å²) in [7, 11) is 0. The molecular formula is C19H18N6S. The summed E-state index contributed by atoms with van der Waals surface area (Å²) in [5, 5.41) is 16.0. The van der Waals surface area contributed by atoms with Crippen LogP contribution in [0.5, 0.6) is 0 Å². The van der Waals surface area contributed by atoms with Gasteiger partial charge in [0.1, 0.15) is 4.64 Å². The second-order valence-corrected chi connectivity index (χ2v) is 6.33. The van der Waals surface area contributed by atoms with E-state index in [-0.39, 0.29) is 0 Å². The lowest BCUT2D eigenvalue weighted by molar-refractivity contribution is 0.573. The number of benzene rings is 2. The minimum Gasteiger partial charge on any atom is -0.299 e. The fourth-order valence-corrected chi connectivity index (χ4v) is 3.20. The molecule has 4 rings (SSSR count). The van der Waals surface area contributed by atoms with Gasteiger partial charge >= 0.3 is 0 Å². The van der Waals surface area contributed by atoms with Crippen LogP contribution in [0.15, 0.2) is 60.8 Å². The van der Waals surface area contributed by atoms with Crippen molar-refractivity contribution in [2.24, 2.45) is 0 Å². The Morgan fingerprint density at radius 2 is 1.81 bits per heavy atom. The monoisotopic (exact) mass is 362 g/mol. The molecule has 0 radical (unpaired) electrons. The Labute approximate surface area is 156 Å². The number of H-pyrrole nitrogens is 1. The van der Waals surface area contributed by atoms with Crippen LogP contribution in [0.2, 0.25) is 0 Å². The van der Waals surface area contributed by atoms with Crippen LogP contribution in [0.3, 0.4) is 0 Å². The lowest BCUT2D eigenvalue weighted by Gasteiger charge is -2.08. The molecule has 0 saturated heterocycles. The van der Waals surface area contributed by atoms with Crippen molar-refractivity contribution in [2.45, 2.75) is 19.9 Å². The molecule has 4 aromatic rings.